The second-order valence-electron chi connectivity index (χ2n) is 6.31. The van der Waals surface area contributed by atoms with Crippen LogP contribution >= 0.6 is 11.3 Å². The minimum atomic E-state index is -0.370. The summed E-state index contributed by atoms with van der Waals surface area (Å²) in [5.41, 5.74) is 0.702. The van der Waals surface area contributed by atoms with E-state index in [0.717, 1.165) is 0 Å². The van der Waals surface area contributed by atoms with Crippen molar-refractivity contribution in [2.45, 2.75) is 47.1 Å². The van der Waals surface area contributed by atoms with Crippen molar-refractivity contribution in [1.29, 1.82) is 0 Å². The van der Waals surface area contributed by atoms with Gasteiger partial charge in [-0.1, -0.05) is 27.7 Å². The third kappa shape index (κ3) is 1.36. The summed E-state index contributed by atoms with van der Waals surface area (Å²) in [4.78, 5) is 15.8. The van der Waals surface area contributed by atoms with E-state index in [9.17, 15) is 4.79 Å². The van der Waals surface area contributed by atoms with Gasteiger partial charge in [0.15, 0.2) is 0 Å². The average Bonchev–Trinajstić information content (AvgIpc) is 2.70. The Morgan fingerprint density at radius 2 is 2.11 bits per heavy atom. The number of hydrogen-bond donors (Lipinski definition) is 0. The van der Waals surface area contributed by atoms with E-state index in [1.165, 1.54) is 10.4 Å². The molecule has 1 amide bonds. The lowest BCUT2D eigenvalue weighted by Crippen LogP contribution is -2.40. The van der Waals surface area contributed by atoms with Crippen molar-refractivity contribution >= 4 is 17.2 Å². The second-order valence-corrected chi connectivity index (χ2v) is 7.31. The van der Waals surface area contributed by atoms with Gasteiger partial charge in [0.2, 0.25) is 5.91 Å². The Kier molecular flexibility index (Phi) is 2.42. The van der Waals surface area contributed by atoms with Gasteiger partial charge in [0.25, 0.3) is 0 Å². The number of hydrogen-bond acceptors (Lipinski definition) is 3. The first-order valence-corrected chi connectivity index (χ1v) is 7.21. The summed E-state index contributed by atoms with van der Waals surface area (Å²) in [6.07, 6.45) is -0.111. The monoisotopic (exact) mass is 265 g/mol. The molecule has 0 aromatic carbocycles. The number of ether oxygens (including phenoxy) is 1. The maximum atomic E-state index is 12.6. The Hall–Kier alpha value is -0.870. The lowest BCUT2D eigenvalue weighted by Gasteiger charge is -2.35. The number of amides is 1. The first kappa shape index (κ1) is 12.2. The van der Waals surface area contributed by atoms with Crippen LogP contribution in [0.4, 0.5) is 0 Å². The van der Waals surface area contributed by atoms with Gasteiger partial charge in [-0.15, -0.1) is 11.3 Å². The van der Waals surface area contributed by atoms with Crippen molar-refractivity contribution in [3.63, 3.8) is 0 Å². The Morgan fingerprint density at radius 1 is 1.39 bits per heavy atom. The van der Waals surface area contributed by atoms with Gasteiger partial charge < -0.3 is 9.64 Å². The second kappa shape index (κ2) is 3.58. The summed E-state index contributed by atoms with van der Waals surface area (Å²) in [6, 6.07) is 2.11. The van der Waals surface area contributed by atoms with E-state index in [0.29, 0.717) is 13.2 Å². The Bertz CT molecular complexity index is 504. The van der Waals surface area contributed by atoms with E-state index in [-0.39, 0.29) is 23.0 Å². The van der Waals surface area contributed by atoms with E-state index in [2.05, 4.69) is 25.3 Å². The molecule has 1 atom stereocenters. The van der Waals surface area contributed by atoms with Crippen LogP contribution in [0.15, 0.2) is 11.4 Å². The van der Waals surface area contributed by atoms with E-state index in [1.54, 1.807) is 11.3 Å². The number of nitrogens with zero attached hydrogens (tertiary/aromatic N) is 1. The lowest BCUT2D eigenvalue weighted by atomic mass is 9.69. The first-order valence-electron chi connectivity index (χ1n) is 6.33. The van der Waals surface area contributed by atoms with Crippen LogP contribution in [-0.4, -0.2) is 17.0 Å². The van der Waals surface area contributed by atoms with Crippen molar-refractivity contribution in [3.8, 4) is 0 Å². The molecule has 4 heteroatoms. The zero-order valence-corrected chi connectivity index (χ0v) is 12.1. The zero-order chi connectivity index (χ0) is 13.1. The smallest absolute Gasteiger partial charge is 0.231 e. The van der Waals surface area contributed by atoms with Gasteiger partial charge in [0, 0.05) is 16.8 Å². The van der Waals surface area contributed by atoms with Crippen LogP contribution in [0.1, 0.15) is 38.1 Å². The average molecular weight is 265 g/mol. The third-order valence-electron chi connectivity index (χ3n) is 4.86. The van der Waals surface area contributed by atoms with Crippen LogP contribution < -0.4 is 0 Å². The van der Waals surface area contributed by atoms with Crippen molar-refractivity contribution in [2.75, 3.05) is 0 Å². The van der Waals surface area contributed by atoms with Gasteiger partial charge in [0.05, 0.1) is 12.0 Å². The third-order valence-corrected chi connectivity index (χ3v) is 5.79. The van der Waals surface area contributed by atoms with Crippen molar-refractivity contribution in [1.82, 2.24) is 4.90 Å². The fraction of sp³-hybridized carbons (Fsp3) is 0.643. The highest BCUT2D eigenvalue weighted by Gasteiger charge is 2.60. The molecule has 18 heavy (non-hydrogen) atoms. The number of carbonyl (C=O) groups is 1. The molecule has 0 saturated carbocycles. The van der Waals surface area contributed by atoms with Gasteiger partial charge in [-0.05, 0) is 17.0 Å². The molecular weight excluding hydrogens is 246 g/mol. The van der Waals surface area contributed by atoms with E-state index < -0.39 is 0 Å². The van der Waals surface area contributed by atoms with Gasteiger partial charge >= 0.3 is 0 Å². The Balaban J connectivity index is 2.04. The maximum absolute atomic E-state index is 12.6. The highest BCUT2D eigenvalue weighted by atomic mass is 32.1. The molecule has 0 N–H and O–H groups in total. The molecule has 3 nitrogen and oxygen atoms in total. The number of rotatable bonds is 0. The number of carbonyl (C=O) groups excluding carboxylic acids is 1. The normalized spacial score (nSPS) is 28.8. The Labute approximate surface area is 112 Å². The van der Waals surface area contributed by atoms with Crippen LogP contribution in [0, 0.1) is 10.8 Å². The van der Waals surface area contributed by atoms with Crippen LogP contribution in [0.2, 0.25) is 0 Å². The van der Waals surface area contributed by atoms with Crippen LogP contribution in [-0.2, 0) is 22.7 Å². The molecule has 1 unspecified atom stereocenters. The largest absolute Gasteiger partial charge is 0.352 e. The Morgan fingerprint density at radius 3 is 2.83 bits per heavy atom. The highest BCUT2D eigenvalue weighted by Crippen LogP contribution is 2.52. The molecular formula is C14H19NO2S. The van der Waals surface area contributed by atoms with E-state index in [4.69, 9.17) is 4.74 Å². The molecule has 1 saturated heterocycles. The number of fused-ring (bicyclic) bond motifs is 2. The van der Waals surface area contributed by atoms with Crippen molar-refractivity contribution in [2.24, 2.45) is 10.8 Å². The van der Waals surface area contributed by atoms with Crippen LogP contribution in [0.3, 0.4) is 0 Å². The molecule has 2 aliphatic heterocycles. The first-order chi connectivity index (χ1) is 8.35. The summed E-state index contributed by atoms with van der Waals surface area (Å²) in [6.45, 7) is 9.64. The standard InChI is InChI=1S/C14H19NO2S/c1-13(2)11(16)15-7-9-5-6-18-10(9)8-17-12(15)14(13,3)4/h5-6,12H,7-8H2,1-4H3. The fourth-order valence-electron chi connectivity index (χ4n) is 2.87. The van der Waals surface area contributed by atoms with E-state index >= 15 is 0 Å². The summed E-state index contributed by atoms with van der Waals surface area (Å²) in [5.74, 6) is 0.205. The highest BCUT2D eigenvalue weighted by molar-refractivity contribution is 7.10. The van der Waals surface area contributed by atoms with Crippen LogP contribution in [0.25, 0.3) is 0 Å². The summed E-state index contributed by atoms with van der Waals surface area (Å²) >= 11 is 1.72. The molecule has 98 valence electrons. The molecule has 0 bridgehead atoms. The molecule has 3 heterocycles. The predicted octanol–water partition coefficient (Wildman–Crippen LogP) is 3.00. The molecule has 1 aromatic rings. The van der Waals surface area contributed by atoms with Gasteiger partial charge in [-0.3, -0.25) is 4.79 Å². The fourth-order valence-corrected chi connectivity index (χ4v) is 3.68. The molecule has 1 fully saturated rings. The molecule has 3 rings (SSSR count). The predicted molar refractivity (Wildman–Crippen MR) is 71.0 cm³/mol. The molecule has 0 aliphatic carbocycles. The minimum Gasteiger partial charge on any atom is -0.352 e. The number of thiophene rings is 1. The van der Waals surface area contributed by atoms with Crippen molar-refractivity contribution < 1.29 is 9.53 Å². The lowest BCUT2D eigenvalue weighted by molar-refractivity contribution is -0.142. The van der Waals surface area contributed by atoms with Gasteiger partial charge in [-0.2, -0.15) is 0 Å². The molecule has 1 aromatic heterocycles. The molecule has 0 radical (unpaired) electrons. The maximum Gasteiger partial charge on any atom is 0.231 e. The summed E-state index contributed by atoms with van der Waals surface area (Å²) in [7, 11) is 0. The zero-order valence-electron chi connectivity index (χ0n) is 11.3. The topological polar surface area (TPSA) is 29.5 Å². The summed E-state index contributed by atoms with van der Waals surface area (Å²) in [5, 5.41) is 2.07. The molecule has 2 aliphatic rings. The van der Waals surface area contributed by atoms with E-state index in [1.807, 2.05) is 18.7 Å². The minimum absolute atomic E-state index is 0.111. The van der Waals surface area contributed by atoms with Crippen molar-refractivity contribution in [3.05, 3.63) is 21.9 Å². The van der Waals surface area contributed by atoms with Gasteiger partial charge in [-0.25, -0.2) is 0 Å². The summed E-state index contributed by atoms with van der Waals surface area (Å²) < 4.78 is 6.05. The van der Waals surface area contributed by atoms with Gasteiger partial charge in [0.1, 0.15) is 6.23 Å². The SMILES string of the molecule is CC1(C)C(=O)N2Cc3ccsc3COC2C1(C)C. The van der Waals surface area contributed by atoms with Crippen LogP contribution in [0.5, 0.6) is 0 Å². The quantitative estimate of drug-likeness (QED) is 0.721. The molecule has 0 spiro atoms.